The Hall–Kier alpha value is -3.52. The smallest absolute Gasteiger partial charge is 0.269 e. The first-order valence-electron chi connectivity index (χ1n) is 9.94. The van der Waals surface area contributed by atoms with Gasteiger partial charge in [-0.3, -0.25) is 14.9 Å². The Labute approximate surface area is 174 Å². The summed E-state index contributed by atoms with van der Waals surface area (Å²) in [4.78, 5) is 23.6. The Morgan fingerprint density at radius 1 is 1.13 bits per heavy atom. The molecule has 1 aliphatic heterocycles. The van der Waals surface area contributed by atoms with Gasteiger partial charge in [-0.25, -0.2) is 4.68 Å². The largest absolute Gasteiger partial charge is 0.322 e. The number of carbonyl (C=O) groups is 1. The van der Waals surface area contributed by atoms with E-state index < -0.39 is 4.92 Å². The summed E-state index contributed by atoms with van der Waals surface area (Å²) in [7, 11) is 0. The first-order chi connectivity index (χ1) is 14.5. The van der Waals surface area contributed by atoms with Crippen molar-refractivity contribution in [2.45, 2.75) is 25.7 Å². The molecule has 1 aliphatic rings. The van der Waals surface area contributed by atoms with Crippen LogP contribution in [0.5, 0.6) is 0 Å². The second-order valence-electron chi connectivity index (χ2n) is 7.47. The van der Waals surface area contributed by atoms with E-state index >= 15 is 0 Å². The zero-order valence-corrected chi connectivity index (χ0v) is 16.7. The third-order valence-electron chi connectivity index (χ3n) is 5.39. The van der Waals surface area contributed by atoms with Gasteiger partial charge in [0.05, 0.1) is 28.1 Å². The number of nitrogens with one attached hydrogen (secondary N) is 2. The fraction of sp³-hybridized carbons (Fsp3) is 0.273. The molecular formula is C22H23N5O3. The summed E-state index contributed by atoms with van der Waals surface area (Å²) in [5.41, 5.74) is 3.94. The predicted molar refractivity (Wildman–Crippen MR) is 114 cm³/mol. The quantitative estimate of drug-likeness (QED) is 0.496. The Kier molecular flexibility index (Phi) is 5.58. The molecule has 0 spiro atoms. The molecule has 8 heteroatoms. The van der Waals surface area contributed by atoms with Crippen molar-refractivity contribution in [1.82, 2.24) is 15.1 Å². The van der Waals surface area contributed by atoms with Gasteiger partial charge in [0.2, 0.25) is 0 Å². The van der Waals surface area contributed by atoms with Crippen LogP contribution in [0.2, 0.25) is 0 Å². The van der Waals surface area contributed by atoms with E-state index in [-0.39, 0.29) is 17.5 Å². The van der Waals surface area contributed by atoms with Crippen molar-refractivity contribution in [2.75, 3.05) is 18.4 Å². The molecule has 2 N–H and O–H groups in total. The number of benzene rings is 2. The molecule has 1 saturated heterocycles. The number of piperidine rings is 1. The number of hydrogen-bond acceptors (Lipinski definition) is 5. The molecule has 0 radical (unpaired) electrons. The monoisotopic (exact) mass is 405 g/mol. The van der Waals surface area contributed by atoms with Gasteiger partial charge in [-0.05, 0) is 57.1 Å². The lowest BCUT2D eigenvalue weighted by Crippen LogP contribution is -2.29. The number of carbonyl (C=O) groups excluding carboxylic acids is 1. The predicted octanol–water partition coefficient (Wildman–Crippen LogP) is 3.81. The van der Waals surface area contributed by atoms with E-state index in [9.17, 15) is 14.9 Å². The Morgan fingerprint density at radius 2 is 1.80 bits per heavy atom. The maximum absolute atomic E-state index is 13.1. The van der Waals surface area contributed by atoms with Crippen LogP contribution in [0.4, 0.5) is 11.4 Å². The van der Waals surface area contributed by atoms with Gasteiger partial charge < -0.3 is 10.6 Å². The molecule has 1 amide bonds. The van der Waals surface area contributed by atoms with Gasteiger partial charge in [0.25, 0.3) is 11.6 Å². The van der Waals surface area contributed by atoms with Crippen LogP contribution < -0.4 is 10.6 Å². The van der Waals surface area contributed by atoms with Gasteiger partial charge >= 0.3 is 0 Å². The second-order valence-corrected chi connectivity index (χ2v) is 7.47. The zero-order chi connectivity index (χ0) is 21.1. The van der Waals surface area contributed by atoms with E-state index in [1.165, 1.54) is 12.1 Å². The molecule has 0 unspecified atom stereocenters. The molecule has 8 nitrogen and oxygen atoms in total. The number of nitrogens with zero attached hydrogens (tertiary/aromatic N) is 3. The minimum Gasteiger partial charge on any atom is -0.322 e. The van der Waals surface area contributed by atoms with Crippen LogP contribution >= 0.6 is 0 Å². The lowest BCUT2D eigenvalue weighted by Gasteiger charge is -2.24. The van der Waals surface area contributed by atoms with E-state index in [0.717, 1.165) is 42.9 Å². The molecule has 0 bridgehead atoms. The number of aromatic nitrogens is 2. The van der Waals surface area contributed by atoms with Crippen molar-refractivity contribution >= 4 is 17.3 Å². The number of hydrogen-bond donors (Lipinski definition) is 2. The van der Waals surface area contributed by atoms with Crippen molar-refractivity contribution < 1.29 is 9.72 Å². The third-order valence-corrected chi connectivity index (χ3v) is 5.39. The minimum atomic E-state index is -0.430. The van der Waals surface area contributed by atoms with Crippen LogP contribution in [0.25, 0.3) is 5.69 Å². The van der Waals surface area contributed by atoms with E-state index in [4.69, 9.17) is 0 Å². The lowest BCUT2D eigenvalue weighted by atomic mass is 9.91. The van der Waals surface area contributed by atoms with Gasteiger partial charge in [-0.1, -0.05) is 17.7 Å². The number of aryl methyl sites for hydroxylation is 1. The molecule has 154 valence electrons. The van der Waals surface area contributed by atoms with Gasteiger partial charge in [0.15, 0.2) is 0 Å². The number of anilines is 1. The molecule has 0 atom stereocenters. The second kappa shape index (κ2) is 8.46. The summed E-state index contributed by atoms with van der Waals surface area (Å²) < 4.78 is 1.74. The molecule has 1 fully saturated rings. The van der Waals surface area contributed by atoms with Crippen LogP contribution in [0, 0.1) is 17.0 Å². The number of rotatable bonds is 5. The van der Waals surface area contributed by atoms with Crippen molar-refractivity contribution in [2.24, 2.45) is 0 Å². The summed E-state index contributed by atoms with van der Waals surface area (Å²) in [6.45, 7) is 3.74. The minimum absolute atomic E-state index is 0.0201. The van der Waals surface area contributed by atoms with Gasteiger partial charge in [0, 0.05) is 23.7 Å². The molecular weight excluding hydrogens is 382 g/mol. The van der Waals surface area contributed by atoms with Gasteiger partial charge in [-0.2, -0.15) is 5.10 Å². The molecule has 1 aromatic heterocycles. The fourth-order valence-corrected chi connectivity index (χ4v) is 3.78. The average Bonchev–Trinajstić information content (AvgIpc) is 3.21. The SMILES string of the molecule is Cc1ccc(NC(=O)c2cnn(-c3ccc([N+](=O)[O-])cc3)c2C2CCNCC2)cc1. The highest BCUT2D eigenvalue weighted by atomic mass is 16.6. The van der Waals surface area contributed by atoms with Crippen LogP contribution in [0.3, 0.4) is 0 Å². The van der Waals surface area contributed by atoms with Crippen molar-refractivity contribution in [3.05, 3.63) is 81.7 Å². The molecule has 3 aromatic rings. The van der Waals surface area contributed by atoms with Crippen LogP contribution in [-0.4, -0.2) is 33.7 Å². The van der Waals surface area contributed by atoms with E-state index in [1.54, 1.807) is 23.0 Å². The summed E-state index contributed by atoms with van der Waals surface area (Å²) in [5, 5.41) is 21.8. The Balaban J connectivity index is 1.70. The average molecular weight is 405 g/mol. The standard InChI is InChI=1S/C22H23N5O3/c1-15-2-4-17(5-3-15)25-22(28)20-14-24-26(21(20)16-10-12-23-13-11-16)18-6-8-19(9-7-18)27(29)30/h2-9,14,16,23H,10-13H2,1H3,(H,25,28). The summed E-state index contributed by atoms with van der Waals surface area (Å²) >= 11 is 0. The summed E-state index contributed by atoms with van der Waals surface area (Å²) in [6.07, 6.45) is 3.37. The number of amides is 1. The topological polar surface area (TPSA) is 102 Å². The maximum atomic E-state index is 13.1. The molecule has 2 aromatic carbocycles. The number of non-ortho nitro benzene ring substituents is 1. The molecule has 2 heterocycles. The summed E-state index contributed by atoms with van der Waals surface area (Å²) in [6, 6.07) is 13.9. The van der Waals surface area contributed by atoms with E-state index in [0.29, 0.717) is 11.3 Å². The maximum Gasteiger partial charge on any atom is 0.269 e. The normalized spacial score (nSPS) is 14.4. The third kappa shape index (κ3) is 4.08. The summed E-state index contributed by atoms with van der Waals surface area (Å²) in [5.74, 6) is -0.0387. The number of nitro benzene ring substituents is 1. The van der Waals surface area contributed by atoms with E-state index in [1.807, 2.05) is 31.2 Å². The molecule has 30 heavy (non-hydrogen) atoms. The zero-order valence-electron chi connectivity index (χ0n) is 16.7. The highest BCUT2D eigenvalue weighted by Gasteiger charge is 2.27. The van der Waals surface area contributed by atoms with Gasteiger partial charge in [0.1, 0.15) is 0 Å². The first-order valence-corrected chi connectivity index (χ1v) is 9.94. The van der Waals surface area contributed by atoms with Crippen LogP contribution in [-0.2, 0) is 0 Å². The Bertz CT molecular complexity index is 1050. The van der Waals surface area contributed by atoms with Gasteiger partial charge in [-0.15, -0.1) is 0 Å². The Morgan fingerprint density at radius 3 is 2.43 bits per heavy atom. The van der Waals surface area contributed by atoms with Crippen molar-refractivity contribution in [3.63, 3.8) is 0 Å². The lowest BCUT2D eigenvalue weighted by molar-refractivity contribution is -0.384. The van der Waals surface area contributed by atoms with Crippen LogP contribution in [0.15, 0.2) is 54.7 Å². The molecule has 4 rings (SSSR count). The van der Waals surface area contributed by atoms with Crippen molar-refractivity contribution in [1.29, 1.82) is 0 Å². The fourth-order valence-electron chi connectivity index (χ4n) is 3.78. The van der Waals surface area contributed by atoms with Crippen molar-refractivity contribution in [3.8, 4) is 5.69 Å². The van der Waals surface area contributed by atoms with Crippen LogP contribution in [0.1, 0.15) is 40.4 Å². The highest BCUT2D eigenvalue weighted by molar-refractivity contribution is 6.05. The number of nitro groups is 1. The first kappa shape index (κ1) is 19.8. The molecule has 0 saturated carbocycles. The highest BCUT2D eigenvalue weighted by Crippen LogP contribution is 2.31. The van der Waals surface area contributed by atoms with E-state index in [2.05, 4.69) is 15.7 Å². The molecule has 0 aliphatic carbocycles.